The smallest absolute Gasteiger partial charge is 0.247 e. The Bertz CT molecular complexity index is 1010. The summed E-state index contributed by atoms with van der Waals surface area (Å²) < 4.78 is 0. The zero-order chi connectivity index (χ0) is 21.3. The molecule has 3 amide bonds. The molecule has 0 aromatic heterocycles. The molecule has 1 fully saturated rings. The van der Waals surface area contributed by atoms with Gasteiger partial charge in [0.25, 0.3) is 0 Å². The number of nitrogens with zero attached hydrogens (tertiary/aromatic N) is 1. The Morgan fingerprint density at radius 1 is 1.13 bits per heavy atom. The fourth-order valence-electron chi connectivity index (χ4n) is 3.83. The minimum atomic E-state index is -0.818. The number of benzene rings is 2. The molecule has 2 N–H and O–H groups in total. The summed E-state index contributed by atoms with van der Waals surface area (Å²) >= 11 is 1.28. The lowest BCUT2D eigenvalue weighted by molar-refractivity contribution is -0.136. The van der Waals surface area contributed by atoms with E-state index in [4.69, 9.17) is 0 Å². The quantitative estimate of drug-likeness (QED) is 0.740. The summed E-state index contributed by atoms with van der Waals surface area (Å²) in [5.74, 6) is -0.892. The van der Waals surface area contributed by atoms with Crippen LogP contribution in [-0.4, -0.2) is 41.0 Å². The van der Waals surface area contributed by atoms with Gasteiger partial charge in [-0.05, 0) is 62.1 Å². The van der Waals surface area contributed by atoms with Gasteiger partial charge >= 0.3 is 0 Å². The van der Waals surface area contributed by atoms with Crippen molar-refractivity contribution >= 4 is 40.9 Å². The number of piperidine rings is 1. The van der Waals surface area contributed by atoms with E-state index in [9.17, 15) is 14.4 Å². The van der Waals surface area contributed by atoms with Gasteiger partial charge in [0, 0.05) is 23.7 Å². The number of hydrogen-bond donors (Lipinski definition) is 2. The van der Waals surface area contributed by atoms with Crippen LogP contribution in [0.4, 0.5) is 11.4 Å². The van der Waals surface area contributed by atoms with Crippen LogP contribution in [0.5, 0.6) is 0 Å². The molecule has 2 aromatic rings. The molecule has 1 saturated heterocycles. The number of carbonyl (C=O) groups excluding carboxylic acids is 3. The molecule has 2 aliphatic heterocycles. The second-order valence-corrected chi connectivity index (χ2v) is 9.04. The fraction of sp³-hybridized carbons (Fsp3) is 0.348. The Balaban J connectivity index is 1.42. The maximum absolute atomic E-state index is 13.1. The summed E-state index contributed by atoms with van der Waals surface area (Å²) in [5.41, 5.74) is 3.80. The first kappa shape index (κ1) is 20.5. The van der Waals surface area contributed by atoms with Gasteiger partial charge in [0.1, 0.15) is 0 Å². The van der Waals surface area contributed by atoms with Gasteiger partial charge in [-0.1, -0.05) is 18.2 Å². The number of hydrogen-bond acceptors (Lipinski definition) is 4. The molecule has 2 heterocycles. The van der Waals surface area contributed by atoms with E-state index in [1.807, 2.05) is 56.3 Å². The topological polar surface area (TPSA) is 78.5 Å². The van der Waals surface area contributed by atoms with E-state index >= 15 is 0 Å². The van der Waals surface area contributed by atoms with Crippen molar-refractivity contribution in [3.05, 3.63) is 53.6 Å². The number of anilines is 2. The van der Waals surface area contributed by atoms with Gasteiger partial charge in [-0.15, -0.1) is 11.8 Å². The summed E-state index contributed by atoms with van der Waals surface area (Å²) in [7, 11) is 0. The van der Waals surface area contributed by atoms with Crippen molar-refractivity contribution in [1.82, 2.24) is 4.90 Å². The van der Waals surface area contributed by atoms with Crippen molar-refractivity contribution in [3.8, 4) is 0 Å². The lowest BCUT2D eigenvalue weighted by atomic mass is 9.96. The van der Waals surface area contributed by atoms with Crippen molar-refractivity contribution in [2.45, 2.75) is 36.8 Å². The molecule has 0 spiro atoms. The minimum absolute atomic E-state index is 0.0816. The summed E-state index contributed by atoms with van der Waals surface area (Å²) in [6.07, 6.45) is 1.47. The van der Waals surface area contributed by atoms with E-state index in [0.717, 1.165) is 34.7 Å². The minimum Gasteiger partial charge on any atom is -0.340 e. The number of amides is 3. The molecule has 30 heavy (non-hydrogen) atoms. The predicted octanol–water partition coefficient (Wildman–Crippen LogP) is 3.59. The van der Waals surface area contributed by atoms with Crippen LogP contribution >= 0.6 is 11.8 Å². The first-order chi connectivity index (χ1) is 14.4. The number of fused-ring (bicyclic) bond motifs is 1. The van der Waals surface area contributed by atoms with Crippen molar-refractivity contribution in [2.75, 3.05) is 23.7 Å². The van der Waals surface area contributed by atoms with E-state index < -0.39 is 5.25 Å². The maximum atomic E-state index is 13.1. The van der Waals surface area contributed by atoms with Crippen LogP contribution in [0.3, 0.4) is 0 Å². The molecule has 0 radical (unpaired) electrons. The van der Waals surface area contributed by atoms with Gasteiger partial charge in [-0.2, -0.15) is 0 Å². The fourth-order valence-corrected chi connectivity index (χ4v) is 4.91. The van der Waals surface area contributed by atoms with Crippen LogP contribution in [0.1, 0.15) is 24.0 Å². The van der Waals surface area contributed by atoms with E-state index in [0.29, 0.717) is 13.1 Å². The van der Waals surface area contributed by atoms with Crippen molar-refractivity contribution in [1.29, 1.82) is 0 Å². The molecular formula is C23H25N3O3S. The van der Waals surface area contributed by atoms with Crippen LogP contribution in [0.25, 0.3) is 0 Å². The first-order valence-electron chi connectivity index (χ1n) is 10.2. The third-order valence-corrected chi connectivity index (χ3v) is 6.99. The lowest BCUT2D eigenvalue weighted by Crippen LogP contribution is -2.50. The molecule has 0 aliphatic carbocycles. The number of para-hydroxylation sites is 1. The van der Waals surface area contributed by atoms with Gasteiger partial charge in [-0.3, -0.25) is 14.4 Å². The molecule has 7 heteroatoms. The van der Waals surface area contributed by atoms with Gasteiger partial charge in [-0.25, -0.2) is 0 Å². The zero-order valence-electron chi connectivity index (χ0n) is 17.1. The molecule has 2 atom stereocenters. The molecule has 0 saturated carbocycles. The summed E-state index contributed by atoms with van der Waals surface area (Å²) in [6.45, 7) is 4.94. The monoisotopic (exact) mass is 423 g/mol. The number of carbonyl (C=O) groups is 3. The van der Waals surface area contributed by atoms with Crippen LogP contribution < -0.4 is 10.6 Å². The van der Waals surface area contributed by atoms with E-state index in [1.165, 1.54) is 17.3 Å². The molecule has 0 unspecified atom stereocenters. The summed E-state index contributed by atoms with van der Waals surface area (Å²) in [5, 5.41) is 4.98. The molecule has 2 aliphatic rings. The highest BCUT2D eigenvalue weighted by Crippen LogP contribution is 2.36. The summed E-state index contributed by atoms with van der Waals surface area (Å²) in [4.78, 5) is 40.9. The average Bonchev–Trinajstić information content (AvgIpc) is 2.75. The number of rotatable bonds is 3. The van der Waals surface area contributed by atoms with Gasteiger partial charge in [0.15, 0.2) is 5.25 Å². The Hall–Kier alpha value is -2.80. The van der Waals surface area contributed by atoms with Crippen molar-refractivity contribution in [3.63, 3.8) is 0 Å². The van der Waals surface area contributed by atoms with Gasteiger partial charge in [0.2, 0.25) is 17.7 Å². The molecular weight excluding hydrogens is 398 g/mol. The molecule has 4 rings (SSSR count). The Labute approximate surface area is 180 Å². The van der Waals surface area contributed by atoms with E-state index in [1.54, 1.807) is 4.90 Å². The molecule has 156 valence electrons. The lowest BCUT2D eigenvalue weighted by Gasteiger charge is -2.35. The van der Waals surface area contributed by atoms with Crippen LogP contribution in [-0.2, 0) is 14.4 Å². The number of likely N-dealkylation sites (tertiary alicyclic amines) is 1. The second-order valence-electron chi connectivity index (χ2n) is 7.89. The highest BCUT2D eigenvalue weighted by molar-refractivity contribution is 8.01. The average molecular weight is 424 g/mol. The molecule has 0 bridgehead atoms. The predicted molar refractivity (Wildman–Crippen MR) is 119 cm³/mol. The van der Waals surface area contributed by atoms with Gasteiger partial charge < -0.3 is 15.5 Å². The Morgan fingerprint density at radius 2 is 1.93 bits per heavy atom. The normalized spacial score (nSPS) is 20.9. The molecule has 6 nitrogen and oxygen atoms in total. The third-order valence-electron chi connectivity index (χ3n) is 5.73. The number of thioether (sulfide) groups is 1. The Kier molecular flexibility index (Phi) is 5.81. The highest BCUT2D eigenvalue weighted by atomic mass is 32.2. The van der Waals surface area contributed by atoms with Crippen LogP contribution in [0, 0.1) is 19.8 Å². The highest BCUT2D eigenvalue weighted by Gasteiger charge is 2.38. The van der Waals surface area contributed by atoms with E-state index in [2.05, 4.69) is 10.6 Å². The Morgan fingerprint density at radius 3 is 2.73 bits per heavy atom. The first-order valence-corrected chi connectivity index (χ1v) is 11.0. The number of nitrogens with one attached hydrogen (secondary N) is 2. The van der Waals surface area contributed by atoms with Crippen LogP contribution in [0.15, 0.2) is 47.4 Å². The largest absolute Gasteiger partial charge is 0.340 e. The maximum Gasteiger partial charge on any atom is 0.247 e. The van der Waals surface area contributed by atoms with Crippen LogP contribution in [0.2, 0.25) is 0 Å². The third kappa shape index (κ3) is 4.21. The standard InChI is InChI=1S/C23H25N3O3S/c1-14-9-10-17(12-15(14)2)24-21(27)16-6-5-11-26(13-16)23(29)20-22(28)25-18-7-3-4-8-19(18)30-20/h3-4,7-10,12,16,20H,5-6,11,13H2,1-2H3,(H,24,27)(H,25,28)/t16-,20+/m0/s1. The SMILES string of the molecule is Cc1ccc(NC(=O)[C@H]2CCCN(C(=O)[C@@H]3Sc4ccccc4NC3=O)C2)cc1C. The van der Waals surface area contributed by atoms with Crippen molar-refractivity contribution < 1.29 is 14.4 Å². The number of aryl methyl sites for hydroxylation is 2. The zero-order valence-corrected chi connectivity index (χ0v) is 17.9. The van der Waals surface area contributed by atoms with Gasteiger partial charge in [0.05, 0.1) is 11.6 Å². The van der Waals surface area contributed by atoms with Crippen molar-refractivity contribution in [2.24, 2.45) is 5.92 Å². The molecule has 2 aromatic carbocycles. The summed E-state index contributed by atoms with van der Waals surface area (Å²) in [6, 6.07) is 13.3. The second kappa shape index (κ2) is 8.52. The van der Waals surface area contributed by atoms with E-state index in [-0.39, 0.29) is 23.6 Å².